The van der Waals surface area contributed by atoms with Crippen molar-refractivity contribution in [1.82, 2.24) is 9.21 Å². The molecule has 178 valence electrons. The lowest BCUT2D eigenvalue weighted by Gasteiger charge is -2.34. The number of piperidine rings is 1. The number of fused-ring (bicyclic) bond motifs is 1. The summed E-state index contributed by atoms with van der Waals surface area (Å²) < 4.78 is 29.2. The maximum Gasteiger partial charge on any atom is 0.244 e. The molecule has 1 unspecified atom stereocenters. The van der Waals surface area contributed by atoms with Gasteiger partial charge in [0.2, 0.25) is 21.8 Å². The van der Waals surface area contributed by atoms with Crippen LogP contribution in [-0.2, 0) is 26.0 Å². The average Bonchev–Trinajstić information content (AvgIpc) is 3.20. The Bertz CT molecular complexity index is 960. The minimum absolute atomic E-state index is 0.00927. The number of sulfonamides is 1. The lowest BCUT2D eigenvalue weighted by atomic mass is 9.98. The predicted octanol–water partition coefficient (Wildman–Crippen LogP) is 3.80. The minimum atomic E-state index is -3.81. The van der Waals surface area contributed by atoms with Gasteiger partial charge < -0.3 is 9.80 Å². The second kappa shape index (κ2) is 10.7. The van der Waals surface area contributed by atoms with E-state index in [9.17, 15) is 18.0 Å². The average molecular weight is 529 g/mol. The van der Waals surface area contributed by atoms with Gasteiger partial charge in [-0.25, -0.2) is 8.42 Å². The van der Waals surface area contributed by atoms with Crippen molar-refractivity contribution >= 4 is 43.5 Å². The highest BCUT2D eigenvalue weighted by Crippen LogP contribution is 2.37. The van der Waals surface area contributed by atoms with Gasteiger partial charge in [0.05, 0.1) is 10.8 Å². The van der Waals surface area contributed by atoms with E-state index in [1.54, 1.807) is 11.0 Å². The molecular weight excluding hydrogens is 494 g/mol. The summed E-state index contributed by atoms with van der Waals surface area (Å²) in [7, 11) is -3.81. The Kier molecular flexibility index (Phi) is 8.38. The van der Waals surface area contributed by atoms with Gasteiger partial charge in [0.15, 0.2) is 0 Å². The van der Waals surface area contributed by atoms with Crippen molar-refractivity contribution < 1.29 is 18.0 Å². The number of rotatable bonds is 8. The molecule has 0 bridgehead atoms. The number of halogens is 1. The standard InChI is InChI=1S/C23H34BrN3O4S/c1-4-10-25(11-5-2)23(29)18-8-7-12-26(16-18)32(30,31)21-15-20-17(14-19(21)24)9-13-27(20)22(28)6-3/h14-15,18H,4-13,16H2,1-3H3. The molecule has 1 atom stereocenters. The normalized spacial score (nSPS) is 19.1. The Morgan fingerprint density at radius 1 is 1.12 bits per heavy atom. The van der Waals surface area contributed by atoms with Crippen LogP contribution < -0.4 is 4.90 Å². The SMILES string of the molecule is CCCN(CCC)C(=O)C1CCCN(S(=O)(=O)c2cc3c(cc2Br)CCN3C(=O)CC)C1. The van der Waals surface area contributed by atoms with E-state index in [2.05, 4.69) is 15.9 Å². The molecule has 32 heavy (non-hydrogen) atoms. The molecule has 0 radical (unpaired) electrons. The highest BCUT2D eigenvalue weighted by molar-refractivity contribution is 9.10. The summed E-state index contributed by atoms with van der Waals surface area (Å²) in [4.78, 5) is 29.2. The number of hydrogen-bond donors (Lipinski definition) is 0. The molecule has 7 nitrogen and oxygen atoms in total. The van der Waals surface area contributed by atoms with Crippen molar-refractivity contribution in [2.24, 2.45) is 5.92 Å². The van der Waals surface area contributed by atoms with Crippen LogP contribution in [0.1, 0.15) is 58.4 Å². The molecule has 2 aliphatic heterocycles. The molecule has 1 aromatic rings. The Morgan fingerprint density at radius 2 is 1.81 bits per heavy atom. The smallest absolute Gasteiger partial charge is 0.244 e. The molecule has 2 amide bonds. The minimum Gasteiger partial charge on any atom is -0.342 e. The molecule has 1 saturated heterocycles. The molecule has 0 N–H and O–H groups in total. The largest absolute Gasteiger partial charge is 0.342 e. The molecule has 0 saturated carbocycles. The molecule has 0 aliphatic carbocycles. The molecule has 2 heterocycles. The zero-order valence-corrected chi connectivity index (χ0v) is 21.7. The van der Waals surface area contributed by atoms with E-state index in [-0.39, 0.29) is 29.2 Å². The molecule has 1 aromatic carbocycles. The van der Waals surface area contributed by atoms with Gasteiger partial charge in [0.25, 0.3) is 0 Å². The summed E-state index contributed by atoms with van der Waals surface area (Å²) in [5.41, 5.74) is 1.65. The Morgan fingerprint density at radius 3 is 2.44 bits per heavy atom. The Labute approximate surface area is 200 Å². The van der Waals surface area contributed by atoms with Gasteiger partial charge in [-0.05, 0) is 65.7 Å². The van der Waals surface area contributed by atoms with Crippen molar-refractivity contribution in [3.05, 3.63) is 22.2 Å². The summed E-state index contributed by atoms with van der Waals surface area (Å²) in [6.45, 7) is 8.48. The molecule has 0 aromatic heterocycles. The van der Waals surface area contributed by atoms with Gasteiger partial charge in [-0.1, -0.05) is 20.8 Å². The molecular formula is C23H34BrN3O4S. The van der Waals surface area contributed by atoms with Crippen molar-refractivity contribution in [3.63, 3.8) is 0 Å². The Balaban J connectivity index is 1.86. The number of carbonyl (C=O) groups is 2. The van der Waals surface area contributed by atoms with Crippen molar-refractivity contribution in [2.75, 3.05) is 37.6 Å². The second-order valence-corrected chi connectivity index (χ2v) is 11.3. The van der Waals surface area contributed by atoms with Gasteiger partial charge in [0.1, 0.15) is 0 Å². The summed E-state index contributed by atoms with van der Waals surface area (Å²) in [5, 5.41) is 0. The van der Waals surface area contributed by atoms with Crippen LogP contribution in [0.4, 0.5) is 5.69 Å². The zero-order chi connectivity index (χ0) is 23.5. The number of hydrogen-bond acceptors (Lipinski definition) is 4. The molecule has 9 heteroatoms. The fraction of sp³-hybridized carbons (Fsp3) is 0.652. The van der Waals surface area contributed by atoms with E-state index in [1.807, 2.05) is 31.7 Å². The van der Waals surface area contributed by atoms with Crippen LogP contribution in [0.15, 0.2) is 21.5 Å². The topological polar surface area (TPSA) is 78.0 Å². The van der Waals surface area contributed by atoms with E-state index in [0.717, 1.165) is 18.4 Å². The lowest BCUT2D eigenvalue weighted by Crippen LogP contribution is -2.47. The van der Waals surface area contributed by atoms with Gasteiger partial charge >= 0.3 is 0 Å². The van der Waals surface area contributed by atoms with E-state index in [4.69, 9.17) is 0 Å². The zero-order valence-electron chi connectivity index (χ0n) is 19.3. The quantitative estimate of drug-likeness (QED) is 0.515. The molecule has 0 spiro atoms. The van der Waals surface area contributed by atoms with Crippen LogP contribution in [0, 0.1) is 5.92 Å². The van der Waals surface area contributed by atoms with Gasteiger partial charge in [-0.2, -0.15) is 4.31 Å². The van der Waals surface area contributed by atoms with Gasteiger partial charge in [-0.15, -0.1) is 0 Å². The van der Waals surface area contributed by atoms with Crippen molar-refractivity contribution in [1.29, 1.82) is 0 Å². The van der Waals surface area contributed by atoms with Crippen LogP contribution in [-0.4, -0.2) is 62.2 Å². The first kappa shape index (κ1) is 25.2. The van der Waals surface area contributed by atoms with E-state index >= 15 is 0 Å². The van der Waals surface area contributed by atoms with Crippen LogP contribution in [0.5, 0.6) is 0 Å². The van der Waals surface area contributed by atoms with Crippen molar-refractivity contribution in [3.8, 4) is 0 Å². The molecule has 1 fully saturated rings. The first-order valence-corrected chi connectivity index (χ1v) is 13.9. The summed E-state index contributed by atoms with van der Waals surface area (Å²) >= 11 is 3.45. The van der Waals surface area contributed by atoms with Crippen molar-refractivity contribution in [2.45, 2.75) is 64.2 Å². The maximum atomic E-state index is 13.6. The van der Waals surface area contributed by atoms with Gasteiger partial charge in [-0.3, -0.25) is 9.59 Å². The first-order valence-electron chi connectivity index (χ1n) is 11.7. The number of amides is 2. The first-order chi connectivity index (χ1) is 15.2. The fourth-order valence-electron chi connectivity index (χ4n) is 4.67. The van der Waals surface area contributed by atoms with Crippen LogP contribution >= 0.6 is 15.9 Å². The van der Waals surface area contributed by atoms with E-state index in [1.165, 1.54) is 4.31 Å². The number of anilines is 1. The summed E-state index contributed by atoms with van der Waals surface area (Å²) in [6, 6.07) is 3.45. The van der Waals surface area contributed by atoms with Crippen LogP contribution in [0.25, 0.3) is 0 Å². The molecule has 2 aliphatic rings. The second-order valence-electron chi connectivity index (χ2n) is 8.59. The Hall–Kier alpha value is -1.45. The van der Waals surface area contributed by atoms with E-state index in [0.29, 0.717) is 62.0 Å². The predicted molar refractivity (Wildman–Crippen MR) is 129 cm³/mol. The van der Waals surface area contributed by atoms with Crippen LogP contribution in [0.2, 0.25) is 0 Å². The van der Waals surface area contributed by atoms with Gasteiger partial charge in [0, 0.05) is 49.3 Å². The third-order valence-electron chi connectivity index (χ3n) is 6.28. The highest BCUT2D eigenvalue weighted by atomic mass is 79.9. The monoisotopic (exact) mass is 527 g/mol. The summed E-state index contributed by atoms with van der Waals surface area (Å²) in [5.74, 6) is -0.269. The fourth-order valence-corrected chi connectivity index (χ4v) is 7.26. The number of nitrogens with zero attached hydrogens (tertiary/aromatic N) is 3. The van der Waals surface area contributed by atoms with E-state index < -0.39 is 10.0 Å². The summed E-state index contributed by atoms with van der Waals surface area (Å²) in [6.07, 6.45) is 4.22. The number of carbonyl (C=O) groups excluding carboxylic acids is 2. The highest BCUT2D eigenvalue weighted by Gasteiger charge is 2.37. The number of benzene rings is 1. The molecule has 3 rings (SSSR count). The van der Waals surface area contributed by atoms with Crippen LogP contribution in [0.3, 0.4) is 0 Å². The third kappa shape index (κ3) is 5.04. The maximum absolute atomic E-state index is 13.6. The lowest BCUT2D eigenvalue weighted by molar-refractivity contribution is -0.136. The third-order valence-corrected chi connectivity index (χ3v) is 9.11.